The first-order valence-electron chi connectivity index (χ1n) is 11.6. The summed E-state index contributed by atoms with van der Waals surface area (Å²) in [4.78, 5) is 31.5. The first-order chi connectivity index (χ1) is 16.0. The van der Waals surface area contributed by atoms with Crippen LogP contribution in [0.1, 0.15) is 38.7 Å². The molecule has 0 fully saturated rings. The highest BCUT2D eigenvalue weighted by molar-refractivity contribution is 8.04. The molecule has 3 rings (SSSR count). The summed E-state index contributed by atoms with van der Waals surface area (Å²) < 4.78 is 0. The number of para-hydroxylation sites is 1. The number of carbonyl (C=O) groups is 2. The Kier molecular flexibility index (Phi) is 9.85. The third-order valence-electron chi connectivity index (χ3n) is 5.53. The highest BCUT2D eigenvalue weighted by atomic mass is 35.5. The number of fused-ring (bicyclic) bond motifs is 1. The van der Waals surface area contributed by atoms with E-state index in [0.717, 1.165) is 42.2 Å². The Hall–Kier alpha value is -2.28. The summed E-state index contributed by atoms with van der Waals surface area (Å²) in [5.74, 6) is -0.325. The summed E-state index contributed by atoms with van der Waals surface area (Å²) >= 11 is 7.52. The van der Waals surface area contributed by atoms with Gasteiger partial charge in [0.1, 0.15) is 6.54 Å². The van der Waals surface area contributed by atoms with Crippen LogP contribution >= 0.6 is 23.4 Å². The van der Waals surface area contributed by atoms with Gasteiger partial charge in [-0.2, -0.15) is 0 Å². The first-order valence-corrected chi connectivity index (χ1v) is 12.8. The fourth-order valence-corrected chi connectivity index (χ4v) is 4.96. The molecule has 2 aromatic rings. The third-order valence-corrected chi connectivity index (χ3v) is 6.84. The molecule has 7 heteroatoms. The molecule has 176 valence electrons. The Bertz CT molecular complexity index is 995. The molecule has 1 heterocycles. The van der Waals surface area contributed by atoms with Crippen molar-refractivity contribution in [1.29, 1.82) is 0 Å². The second-order valence-corrected chi connectivity index (χ2v) is 9.54. The molecule has 0 saturated carbocycles. The maximum absolute atomic E-state index is 13.3. The molecular formula is C26H32ClN3O2S. The molecule has 0 spiro atoms. The summed E-state index contributed by atoms with van der Waals surface area (Å²) in [6.45, 7) is 8.04. The molecule has 1 aliphatic heterocycles. The predicted octanol–water partition coefficient (Wildman–Crippen LogP) is 5.45. The van der Waals surface area contributed by atoms with Crippen molar-refractivity contribution >= 4 is 46.9 Å². The number of nitrogens with zero attached hydrogens (tertiary/aromatic N) is 2. The predicted molar refractivity (Wildman–Crippen MR) is 139 cm³/mol. The summed E-state index contributed by atoms with van der Waals surface area (Å²) in [5.41, 5.74) is 1.62. The molecule has 33 heavy (non-hydrogen) atoms. The van der Waals surface area contributed by atoms with Crippen LogP contribution in [0, 0.1) is 0 Å². The maximum atomic E-state index is 13.3. The van der Waals surface area contributed by atoms with Gasteiger partial charge in [-0.1, -0.05) is 67.9 Å². The fourth-order valence-electron chi connectivity index (χ4n) is 3.71. The molecule has 0 radical (unpaired) electrons. The van der Waals surface area contributed by atoms with Crippen molar-refractivity contribution in [2.75, 3.05) is 37.6 Å². The van der Waals surface area contributed by atoms with Gasteiger partial charge >= 0.3 is 0 Å². The molecular weight excluding hydrogens is 454 g/mol. The van der Waals surface area contributed by atoms with Gasteiger partial charge < -0.3 is 10.2 Å². The average Bonchev–Trinajstić information content (AvgIpc) is 2.81. The molecule has 0 saturated heterocycles. The van der Waals surface area contributed by atoms with Crippen LogP contribution in [0.5, 0.6) is 0 Å². The van der Waals surface area contributed by atoms with E-state index >= 15 is 0 Å². The number of halogens is 1. The molecule has 2 amide bonds. The van der Waals surface area contributed by atoms with Crippen molar-refractivity contribution < 1.29 is 9.59 Å². The smallest absolute Gasteiger partial charge is 0.265 e. The Labute approximate surface area is 206 Å². The number of anilines is 1. The molecule has 1 N–H and O–H groups in total. The number of carbonyl (C=O) groups excluding carboxylic acids is 2. The third kappa shape index (κ3) is 7.36. The van der Waals surface area contributed by atoms with Gasteiger partial charge in [0.05, 0.1) is 10.6 Å². The van der Waals surface area contributed by atoms with Gasteiger partial charge in [0.15, 0.2) is 0 Å². The molecule has 0 aromatic heterocycles. The molecule has 0 atom stereocenters. The number of unbranched alkanes of at least 4 members (excludes halogenated alkanes) is 1. The number of rotatable bonds is 11. The number of benzene rings is 2. The topological polar surface area (TPSA) is 52.7 Å². The number of hydrogen-bond donors (Lipinski definition) is 1. The van der Waals surface area contributed by atoms with Crippen LogP contribution in [0.3, 0.4) is 0 Å². The van der Waals surface area contributed by atoms with E-state index in [9.17, 15) is 9.59 Å². The van der Waals surface area contributed by atoms with E-state index in [1.54, 1.807) is 11.0 Å². The highest BCUT2D eigenvalue weighted by Crippen LogP contribution is 2.41. The monoisotopic (exact) mass is 485 g/mol. The standard InChI is InChI=1S/C26H32ClN3O2S/c1-3-5-15-29(4-2)16-9-14-28-25(31)19-30-22-12-6-7-13-23(22)33-24(26(30)32)18-20-10-8-11-21(27)17-20/h6-8,10-13,17-18H,3-5,9,14-16,19H2,1-2H3,(H,28,31)/b24-18+. The van der Waals surface area contributed by atoms with Crippen molar-refractivity contribution in [2.45, 2.75) is 38.0 Å². The van der Waals surface area contributed by atoms with Gasteiger partial charge in [0.2, 0.25) is 5.91 Å². The molecule has 0 bridgehead atoms. The molecule has 2 aromatic carbocycles. The van der Waals surface area contributed by atoms with Crippen molar-refractivity contribution in [3.8, 4) is 0 Å². The van der Waals surface area contributed by atoms with Crippen LogP contribution in [-0.4, -0.2) is 49.4 Å². The lowest BCUT2D eigenvalue weighted by Crippen LogP contribution is -2.43. The van der Waals surface area contributed by atoms with E-state index in [-0.39, 0.29) is 18.4 Å². The number of amides is 2. The Morgan fingerprint density at radius 3 is 2.67 bits per heavy atom. The second-order valence-electron chi connectivity index (χ2n) is 8.02. The lowest BCUT2D eigenvalue weighted by molar-refractivity contribution is -0.122. The SMILES string of the molecule is CCCCN(CC)CCCNC(=O)CN1C(=O)/C(=C\c2cccc(Cl)c2)Sc2ccccc21. The van der Waals surface area contributed by atoms with Gasteiger partial charge in [0, 0.05) is 16.5 Å². The largest absolute Gasteiger partial charge is 0.355 e. The minimum atomic E-state index is -0.175. The first kappa shape index (κ1) is 25.3. The van der Waals surface area contributed by atoms with Crippen LogP contribution in [-0.2, 0) is 9.59 Å². The number of hydrogen-bond acceptors (Lipinski definition) is 4. The Morgan fingerprint density at radius 1 is 1.12 bits per heavy atom. The average molecular weight is 486 g/mol. The van der Waals surface area contributed by atoms with E-state index in [1.165, 1.54) is 24.6 Å². The Morgan fingerprint density at radius 2 is 1.91 bits per heavy atom. The van der Waals surface area contributed by atoms with Crippen molar-refractivity contribution in [2.24, 2.45) is 0 Å². The fraction of sp³-hybridized carbons (Fsp3) is 0.385. The minimum absolute atomic E-state index is 0.00335. The zero-order valence-electron chi connectivity index (χ0n) is 19.4. The van der Waals surface area contributed by atoms with Gasteiger partial charge in [0.25, 0.3) is 5.91 Å². The lowest BCUT2D eigenvalue weighted by Gasteiger charge is -2.30. The van der Waals surface area contributed by atoms with Gasteiger partial charge in [-0.15, -0.1) is 0 Å². The Balaban J connectivity index is 1.64. The van der Waals surface area contributed by atoms with Crippen molar-refractivity contribution in [3.63, 3.8) is 0 Å². The van der Waals surface area contributed by atoms with Gasteiger partial charge in [-0.25, -0.2) is 0 Å². The minimum Gasteiger partial charge on any atom is -0.355 e. The number of thioether (sulfide) groups is 1. The van der Waals surface area contributed by atoms with Gasteiger partial charge in [-0.3, -0.25) is 14.5 Å². The van der Waals surface area contributed by atoms with Crippen LogP contribution in [0.15, 0.2) is 58.3 Å². The zero-order valence-corrected chi connectivity index (χ0v) is 20.9. The lowest BCUT2D eigenvalue weighted by atomic mass is 10.2. The molecule has 5 nitrogen and oxygen atoms in total. The van der Waals surface area contributed by atoms with Crippen LogP contribution in [0.25, 0.3) is 6.08 Å². The zero-order chi connectivity index (χ0) is 23.6. The van der Waals surface area contributed by atoms with E-state index in [1.807, 2.05) is 48.5 Å². The van der Waals surface area contributed by atoms with Crippen molar-refractivity contribution in [3.05, 3.63) is 64.0 Å². The van der Waals surface area contributed by atoms with Crippen LogP contribution < -0.4 is 10.2 Å². The van der Waals surface area contributed by atoms with Crippen LogP contribution in [0.2, 0.25) is 5.02 Å². The van der Waals surface area contributed by atoms with E-state index in [0.29, 0.717) is 16.5 Å². The maximum Gasteiger partial charge on any atom is 0.265 e. The highest BCUT2D eigenvalue weighted by Gasteiger charge is 2.30. The van der Waals surface area contributed by atoms with E-state index in [4.69, 9.17) is 11.6 Å². The normalized spacial score (nSPS) is 14.6. The van der Waals surface area contributed by atoms with E-state index in [2.05, 4.69) is 24.1 Å². The van der Waals surface area contributed by atoms with Crippen molar-refractivity contribution in [1.82, 2.24) is 10.2 Å². The summed E-state index contributed by atoms with van der Waals surface area (Å²) in [6.07, 6.45) is 5.10. The summed E-state index contributed by atoms with van der Waals surface area (Å²) in [6, 6.07) is 15.1. The number of nitrogens with one attached hydrogen (secondary N) is 1. The van der Waals surface area contributed by atoms with Crippen LogP contribution in [0.4, 0.5) is 5.69 Å². The summed E-state index contributed by atoms with van der Waals surface area (Å²) in [7, 11) is 0. The van der Waals surface area contributed by atoms with Gasteiger partial charge in [-0.05, 0) is 68.4 Å². The van der Waals surface area contributed by atoms with E-state index < -0.39 is 0 Å². The summed E-state index contributed by atoms with van der Waals surface area (Å²) in [5, 5.41) is 3.60. The quantitative estimate of drug-likeness (QED) is 0.339. The molecule has 0 unspecified atom stereocenters. The molecule has 0 aliphatic carbocycles. The second kappa shape index (κ2) is 12.8. The molecule has 1 aliphatic rings.